The van der Waals surface area contributed by atoms with Crippen LogP contribution in [0, 0.1) is 0 Å². The molecule has 1 aromatic carbocycles. The smallest absolute Gasteiger partial charge is 0.161 e. The molecule has 0 atom stereocenters. The van der Waals surface area contributed by atoms with Crippen LogP contribution < -0.4 is 9.47 Å². The van der Waals surface area contributed by atoms with Gasteiger partial charge in [0.1, 0.15) is 13.2 Å². The fraction of sp³-hybridized carbons (Fsp3) is 0.600. The van der Waals surface area contributed by atoms with Crippen molar-refractivity contribution < 1.29 is 9.47 Å². The summed E-state index contributed by atoms with van der Waals surface area (Å²) in [6.45, 7) is 5.73. The van der Waals surface area contributed by atoms with E-state index in [2.05, 4.69) is 36.0 Å². The van der Waals surface area contributed by atoms with Gasteiger partial charge in [-0.15, -0.1) is 0 Å². The van der Waals surface area contributed by atoms with Gasteiger partial charge in [-0.2, -0.15) is 0 Å². The quantitative estimate of drug-likeness (QED) is 0.821. The minimum Gasteiger partial charge on any atom is -0.486 e. The summed E-state index contributed by atoms with van der Waals surface area (Å²) in [6, 6.07) is 4.35. The molecule has 3 rings (SSSR count). The molecule has 0 unspecified atom stereocenters. The van der Waals surface area contributed by atoms with Crippen molar-refractivity contribution in [2.75, 3.05) is 46.9 Å². The van der Waals surface area contributed by atoms with Crippen molar-refractivity contribution in [3.63, 3.8) is 0 Å². The van der Waals surface area contributed by atoms with E-state index in [-0.39, 0.29) is 0 Å². The highest BCUT2D eigenvalue weighted by molar-refractivity contribution is 5.48. The summed E-state index contributed by atoms with van der Waals surface area (Å²) in [6.07, 6.45) is 1.11. The fourth-order valence-corrected chi connectivity index (χ4v) is 2.68. The van der Waals surface area contributed by atoms with Gasteiger partial charge in [0.25, 0.3) is 0 Å². The van der Waals surface area contributed by atoms with Gasteiger partial charge in [0, 0.05) is 26.2 Å². The Morgan fingerprint density at radius 3 is 2.47 bits per heavy atom. The maximum atomic E-state index is 5.67. The molecule has 0 spiro atoms. The molecule has 0 aliphatic carbocycles. The Kier molecular flexibility index (Phi) is 3.62. The number of fused-ring (bicyclic) bond motifs is 2. The van der Waals surface area contributed by atoms with Crippen molar-refractivity contribution in [1.29, 1.82) is 0 Å². The van der Waals surface area contributed by atoms with Crippen LogP contribution in [0.25, 0.3) is 0 Å². The Balaban J connectivity index is 1.73. The Morgan fingerprint density at radius 1 is 1.11 bits per heavy atom. The summed E-state index contributed by atoms with van der Waals surface area (Å²) in [4.78, 5) is 4.75. The van der Waals surface area contributed by atoms with Crippen LogP contribution in [0.15, 0.2) is 12.1 Å². The Morgan fingerprint density at radius 2 is 1.79 bits per heavy atom. The molecule has 4 heteroatoms. The lowest BCUT2D eigenvalue weighted by atomic mass is 9.98. The van der Waals surface area contributed by atoms with Crippen molar-refractivity contribution in [3.05, 3.63) is 23.3 Å². The highest BCUT2D eigenvalue weighted by atomic mass is 16.6. The number of hydrogen-bond donors (Lipinski definition) is 0. The number of likely N-dealkylation sites (N-methyl/N-ethyl adjacent to an activating group) is 1. The van der Waals surface area contributed by atoms with Gasteiger partial charge in [-0.05, 0) is 43.8 Å². The monoisotopic (exact) mass is 262 g/mol. The largest absolute Gasteiger partial charge is 0.486 e. The molecule has 2 heterocycles. The Bertz CT molecular complexity index is 460. The molecule has 0 amide bonds. The summed E-state index contributed by atoms with van der Waals surface area (Å²) in [5.41, 5.74) is 2.82. The van der Waals surface area contributed by atoms with Crippen LogP contribution >= 0.6 is 0 Å². The lowest BCUT2D eigenvalue weighted by molar-refractivity contribution is 0.169. The van der Waals surface area contributed by atoms with Crippen LogP contribution in [0.2, 0.25) is 0 Å². The molecule has 0 aromatic heterocycles. The van der Waals surface area contributed by atoms with Gasteiger partial charge in [-0.1, -0.05) is 0 Å². The molecule has 2 aliphatic rings. The molecular formula is C15H22N2O2. The van der Waals surface area contributed by atoms with Gasteiger partial charge in [-0.3, -0.25) is 4.90 Å². The minimum atomic E-state index is 0.663. The van der Waals surface area contributed by atoms with Crippen molar-refractivity contribution >= 4 is 0 Å². The predicted molar refractivity (Wildman–Crippen MR) is 75.0 cm³/mol. The van der Waals surface area contributed by atoms with Gasteiger partial charge in [-0.25, -0.2) is 0 Å². The van der Waals surface area contributed by atoms with E-state index >= 15 is 0 Å². The summed E-state index contributed by atoms with van der Waals surface area (Å²) in [7, 11) is 4.25. The SMILES string of the molecule is CN(C)CCN1CCc2cc3c(cc2C1)OCCO3. The van der Waals surface area contributed by atoms with Crippen LogP contribution in [0.1, 0.15) is 11.1 Å². The average molecular weight is 262 g/mol. The molecule has 4 nitrogen and oxygen atoms in total. The molecule has 104 valence electrons. The number of benzene rings is 1. The first-order chi connectivity index (χ1) is 9.22. The van der Waals surface area contributed by atoms with Gasteiger partial charge in [0.15, 0.2) is 11.5 Å². The summed E-state index contributed by atoms with van der Waals surface area (Å²) in [5.74, 6) is 1.84. The van der Waals surface area contributed by atoms with Crippen LogP contribution in [0.3, 0.4) is 0 Å². The Hall–Kier alpha value is -1.26. The molecule has 0 fully saturated rings. The highest BCUT2D eigenvalue weighted by Crippen LogP contribution is 2.35. The Labute approximate surface area is 114 Å². The van der Waals surface area contributed by atoms with Crippen LogP contribution in [0.5, 0.6) is 11.5 Å². The lowest BCUT2D eigenvalue weighted by Crippen LogP contribution is -2.36. The van der Waals surface area contributed by atoms with E-state index in [9.17, 15) is 0 Å². The topological polar surface area (TPSA) is 24.9 Å². The van der Waals surface area contributed by atoms with Crippen LogP contribution in [0.4, 0.5) is 0 Å². The highest BCUT2D eigenvalue weighted by Gasteiger charge is 2.21. The molecule has 0 saturated heterocycles. The molecular weight excluding hydrogens is 240 g/mol. The number of nitrogens with zero attached hydrogens (tertiary/aromatic N) is 2. The van der Waals surface area contributed by atoms with Gasteiger partial charge in [0.2, 0.25) is 0 Å². The summed E-state index contributed by atoms with van der Waals surface area (Å²) >= 11 is 0. The first-order valence-corrected chi connectivity index (χ1v) is 7.01. The molecule has 0 radical (unpaired) electrons. The van der Waals surface area contributed by atoms with Crippen molar-refractivity contribution in [3.8, 4) is 11.5 Å². The van der Waals surface area contributed by atoms with E-state index in [0.717, 1.165) is 44.1 Å². The van der Waals surface area contributed by atoms with Crippen molar-refractivity contribution in [2.45, 2.75) is 13.0 Å². The van der Waals surface area contributed by atoms with Gasteiger partial charge >= 0.3 is 0 Å². The lowest BCUT2D eigenvalue weighted by Gasteiger charge is -2.31. The standard InChI is InChI=1S/C15H22N2O2/c1-16(2)5-6-17-4-3-12-9-14-15(10-13(12)11-17)19-8-7-18-14/h9-10H,3-8,11H2,1-2H3. The zero-order valence-electron chi connectivity index (χ0n) is 11.8. The average Bonchev–Trinajstić information content (AvgIpc) is 2.42. The molecule has 0 saturated carbocycles. The maximum Gasteiger partial charge on any atom is 0.161 e. The second-order valence-corrected chi connectivity index (χ2v) is 5.59. The van der Waals surface area contributed by atoms with Crippen molar-refractivity contribution in [2.24, 2.45) is 0 Å². The number of hydrogen-bond acceptors (Lipinski definition) is 4. The van der Waals surface area contributed by atoms with E-state index in [4.69, 9.17) is 9.47 Å². The van der Waals surface area contributed by atoms with Gasteiger partial charge in [0.05, 0.1) is 0 Å². The molecule has 0 bridgehead atoms. The summed E-state index contributed by atoms with van der Waals surface area (Å²) < 4.78 is 11.3. The van der Waals surface area contributed by atoms with E-state index < -0.39 is 0 Å². The molecule has 19 heavy (non-hydrogen) atoms. The van der Waals surface area contributed by atoms with E-state index in [0.29, 0.717) is 13.2 Å². The molecule has 0 N–H and O–H groups in total. The molecule has 1 aromatic rings. The normalized spacial score (nSPS) is 18.5. The van der Waals surface area contributed by atoms with E-state index in [1.807, 2.05) is 0 Å². The first kappa shape index (κ1) is 12.8. The van der Waals surface area contributed by atoms with E-state index in [1.54, 1.807) is 0 Å². The third-order valence-corrected chi connectivity index (χ3v) is 3.82. The van der Waals surface area contributed by atoms with E-state index in [1.165, 1.54) is 11.1 Å². The zero-order valence-corrected chi connectivity index (χ0v) is 11.8. The minimum absolute atomic E-state index is 0.663. The fourth-order valence-electron chi connectivity index (χ4n) is 2.68. The zero-order chi connectivity index (χ0) is 13.2. The van der Waals surface area contributed by atoms with Crippen LogP contribution in [-0.2, 0) is 13.0 Å². The third kappa shape index (κ3) is 2.85. The predicted octanol–water partition coefficient (Wildman–Crippen LogP) is 1.38. The second-order valence-electron chi connectivity index (χ2n) is 5.59. The number of rotatable bonds is 3. The number of ether oxygens (including phenoxy) is 2. The third-order valence-electron chi connectivity index (χ3n) is 3.82. The molecule has 2 aliphatic heterocycles. The van der Waals surface area contributed by atoms with Crippen molar-refractivity contribution in [1.82, 2.24) is 9.80 Å². The second kappa shape index (κ2) is 5.39. The summed E-state index contributed by atoms with van der Waals surface area (Å²) in [5, 5.41) is 0. The van der Waals surface area contributed by atoms with Gasteiger partial charge < -0.3 is 14.4 Å². The first-order valence-electron chi connectivity index (χ1n) is 7.01. The maximum absolute atomic E-state index is 5.67. The van der Waals surface area contributed by atoms with Crippen LogP contribution in [-0.4, -0.2) is 56.7 Å².